The van der Waals surface area contributed by atoms with Crippen LogP contribution >= 0.6 is 11.8 Å². The van der Waals surface area contributed by atoms with Gasteiger partial charge in [0.2, 0.25) is 0 Å². The van der Waals surface area contributed by atoms with E-state index in [-0.39, 0.29) is 0 Å². The highest BCUT2D eigenvalue weighted by Crippen LogP contribution is 2.28. The van der Waals surface area contributed by atoms with Crippen molar-refractivity contribution in [3.05, 3.63) is 0 Å². The summed E-state index contributed by atoms with van der Waals surface area (Å²) in [5, 5.41) is 3.53. The van der Waals surface area contributed by atoms with Crippen LogP contribution in [0.5, 0.6) is 0 Å². The average Bonchev–Trinajstić information content (AvgIpc) is 2.27. The second kappa shape index (κ2) is 7.56. The van der Waals surface area contributed by atoms with Gasteiger partial charge in [0.25, 0.3) is 0 Å². The zero-order chi connectivity index (χ0) is 11.1. The Morgan fingerprint density at radius 1 is 1.33 bits per heavy atom. The standard InChI is InChI=1S/C13H27NS/c1-4-5-11(2)13(14-3)10-12-6-8-15-9-7-12/h11-14H,4-10H2,1-3H3. The lowest BCUT2D eigenvalue weighted by molar-refractivity contribution is 0.295. The normalized spacial score (nSPS) is 22.6. The van der Waals surface area contributed by atoms with Crippen molar-refractivity contribution < 1.29 is 0 Å². The Hall–Kier alpha value is 0.310. The van der Waals surface area contributed by atoms with Gasteiger partial charge in [-0.3, -0.25) is 0 Å². The molecular formula is C13H27NS. The second-order valence-electron chi connectivity index (χ2n) is 4.95. The molecule has 0 spiro atoms. The van der Waals surface area contributed by atoms with Crippen molar-refractivity contribution in [1.29, 1.82) is 0 Å². The third-order valence-electron chi connectivity index (χ3n) is 3.73. The number of hydrogen-bond acceptors (Lipinski definition) is 2. The largest absolute Gasteiger partial charge is 0.317 e. The molecule has 2 heteroatoms. The van der Waals surface area contributed by atoms with Crippen LogP contribution in [0.1, 0.15) is 46.0 Å². The van der Waals surface area contributed by atoms with Crippen molar-refractivity contribution >= 4 is 11.8 Å². The third kappa shape index (κ3) is 4.78. The Morgan fingerprint density at radius 2 is 2.00 bits per heavy atom. The van der Waals surface area contributed by atoms with Crippen LogP contribution in [0.15, 0.2) is 0 Å². The first-order chi connectivity index (χ1) is 7.27. The van der Waals surface area contributed by atoms with Gasteiger partial charge in [0.1, 0.15) is 0 Å². The second-order valence-corrected chi connectivity index (χ2v) is 6.18. The molecule has 1 aliphatic heterocycles. The molecule has 90 valence electrons. The molecule has 2 unspecified atom stereocenters. The van der Waals surface area contributed by atoms with Crippen LogP contribution in [0.4, 0.5) is 0 Å². The quantitative estimate of drug-likeness (QED) is 0.747. The topological polar surface area (TPSA) is 12.0 Å². The smallest absolute Gasteiger partial charge is 0.00923 e. The van der Waals surface area contributed by atoms with Gasteiger partial charge in [-0.2, -0.15) is 11.8 Å². The van der Waals surface area contributed by atoms with E-state index in [0.717, 1.165) is 17.9 Å². The van der Waals surface area contributed by atoms with Crippen molar-refractivity contribution in [1.82, 2.24) is 5.32 Å². The lowest BCUT2D eigenvalue weighted by Crippen LogP contribution is -2.34. The number of thioether (sulfide) groups is 1. The van der Waals surface area contributed by atoms with Gasteiger partial charge in [0.15, 0.2) is 0 Å². The van der Waals surface area contributed by atoms with Gasteiger partial charge >= 0.3 is 0 Å². The van der Waals surface area contributed by atoms with E-state index in [0.29, 0.717) is 0 Å². The summed E-state index contributed by atoms with van der Waals surface area (Å²) in [6.45, 7) is 4.70. The SMILES string of the molecule is CCCC(C)C(CC1CCSCC1)NC. The third-order valence-corrected chi connectivity index (χ3v) is 4.78. The van der Waals surface area contributed by atoms with Crippen molar-refractivity contribution in [3.63, 3.8) is 0 Å². The Labute approximate surface area is 99.8 Å². The fourth-order valence-corrected chi connectivity index (χ4v) is 3.84. The van der Waals surface area contributed by atoms with Crippen molar-refractivity contribution in [3.8, 4) is 0 Å². The fraction of sp³-hybridized carbons (Fsp3) is 1.00. The van der Waals surface area contributed by atoms with Crippen molar-refractivity contribution in [2.75, 3.05) is 18.6 Å². The molecule has 0 radical (unpaired) electrons. The monoisotopic (exact) mass is 229 g/mol. The summed E-state index contributed by atoms with van der Waals surface area (Å²) in [7, 11) is 2.13. The highest BCUT2D eigenvalue weighted by atomic mass is 32.2. The van der Waals surface area contributed by atoms with E-state index in [1.165, 1.54) is 43.6 Å². The maximum absolute atomic E-state index is 3.53. The zero-order valence-electron chi connectivity index (χ0n) is 10.6. The first kappa shape index (κ1) is 13.4. The molecule has 0 aliphatic carbocycles. The Balaban J connectivity index is 2.30. The lowest BCUT2D eigenvalue weighted by atomic mass is 9.86. The van der Waals surface area contributed by atoms with Gasteiger partial charge in [-0.1, -0.05) is 20.3 Å². The van der Waals surface area contributed by atoms with Gasteiger partial charge < -0.3 is 5.32 Å². The van der Waals surface area contributed by atoms with E-state index in [1.54, 1.807) is 0 Å². The van der Waals surface area contributed by atoms with Gasteiger partial charge in [-0.15, -0.1) is 0 Å². The van der Waals surface area contributed by atoms with Crippen LogP contribution in [0.25, 0.3) is 0 Å². The maximum atomic E-state index is 3.53. The van der Waals surface area contributed by atoms with Crippen LogP contribution in [-0.2, 0) is 0 Å². The molecule has 2 atom stereocenters. The average molecular weight is 229 g/mol. The molecule has 1 N–H and O–H groups in total. The Kier molecular flexibility index (Phi) is 6.74. The lowest BCUT2D eigenvalue weighted by Gasteiger charge is -2.29. The summed E-state index contributed by atoms with van der Waals surface area (Å²) in [6, 6.07) is 0.748. The summed E-state index contributed by atoms with van der Waals surface area (Å²) in [5.74, 6) is 4.62. The first-order valence-corrected chi connectivity index (χ1v) is 7.68. The van der Waals surface area contributed by atoms with Gasteiger partial charge in [-0.05, 0) is 56.1 Å². The fourth-order valence-electron chi connectivity index (χ4n) is 2.63. The molecule has 1 aliphatic rings. The molecule has 1 nitrogen and oxygen atoms in total. The summed E-state index contributed by atoms with van der Waals surface area (Å²) in [6.07, 6.45) is 6.98. The molecule has 0 saturated carbocycles. The molecule has 15 heavy (non-hydrogen) atoms. The summed E-state index contributed by atoms with van der Waals surface area (Å²) >= 11 is 2.13. The van der Waals surface area contributed by atoms with Gasteiger partial charge in [0, 0.05) is 6.04 Å². The molecule has 0 aromatic heterocycles. The van der Waals surface area contributed by atoms with E-state index in [1.807, 2.05) is 0 Å². The van der Waals surface area contributed by atoms with Crippen LogP contribution < -0.4 is 5.32 Å². The van der Waals surface area contributed by atoms with E-state index in [9.17, 15) is 0 Å². The Morgan fingerprint density at radius 3 is 2.53 bits per heavy atom. The van der Waals surface area contributed by atoms with Crippen LogP contribution in [0.3, 0.4) is 0 Å². The van der Waals surface area contributed by atoms with Crippen molar-refractivity contribution in [2.45, 2.75) is 52.0 Å². The molecule has 0 bridgehead atoms. The molecule has 0 aromatic rings. The molecule has 1 fully saturated rings. The van der Waals surface area contributed by atoms with Crippen molar-refractivity contribution in [2.24, 2.45) is 11.8 Å². The molecule has 1 rings (SSSR count). The molecule has 1 saturated heterocycles. The number of nitrogens with one attached hydrogen (secondary N) is 1. The van der Waals surface area contributed by atoms with Crippen LogP contribution in [-0.4, -0.2) is 24.6 Å². The predicted octanol–water partition coefficient (Wildman–Crippen LogP) is 3.54. The molecule has 0 amide bonds. The minimum Gasteiger partial charge on any atom is -0.317 e. The van der Waals surface area contributed by atoms with E-state index >= 15 is 0 Å². The van der Waals surface area contributed by atoms with E-state index in [4.69, 9.17) is 0 Å². The first-order valence-electron chi connectivity index (χ1n) is 6.53. The molecule has 0 aromatic carbocycles. The minimum atomic E-state index is 0.748. The van der Waals surface area contributed by atoms with E-state index < -0.39 is 0 Å². The van der Waals surface area contributed by atoms with Gasteiger partial charge in [0.05, 0.1) is 0 Å². The predicted molar refractivity (Wildman–Crippen MR) is 71.6 cm³/mol. The van der Waals surface area contributed by atoms with Gasteiger partial charge in [-0.25, -0.2) is 0 Å². The van der Waals surface area contributed by atoms with E-state index in [2.05, 4.69) is 38.0 Å². The highest BCUT2D eigenvalue weighted by Gasteiger charge is 2.21. The molecular weight excluding hydrogens is 202 g/mol. The number of rotatable bonds is 6. The molecule has 1 heterocycles. The Bertz CT molecular complexity index is 155. The van der Waals surface area contributed by atoms with Crippen LogP contribution in [0.2, 0.25) is 0 Å². The number of hydrogen-bond donors (Lipinski definition) is 1. The van der Waals surface area contributed by atoms with Crippen LogP contribution in [0, 0.1) is 11.8 Å². The summed E-state index contributed by atoms with van der Waals surface area (Å²) < 4.78 is 0. The highest BCUT2D eigenvalue weighted by molar-refractivity contribution is 7.99. The minimum absolute atomic E-state index is 0.748. The summed E-state index contributed by atoms with van der Waals surface area (Å²) in [4.78, 5) is 0. The zero-order valence-corrected chi connectivity index (χ0v) is 11.4. The summed E-state index contributed by atoms with van der Waals surface area (Å²) in [5.41, 5.74) is 0. The maximum Gasteiger partial charge on any atom is 0.00923 e.